The summed E-state index contributed by atoms with van der Waals surface area (Å²) in [5, 5.41) is 0. The number of esters is 3. The third kappa shape index (κ3) is 6.34. The standard InChI is InChI=1S/C11H16O6/c1-7(2)6-11(15-8(3)12,16-9(4)13)17-10(5)14/h1,6H2,2-5H3. The van der Waals surface area contributed by atoms with Gasteiger partial charge in [-0.15, -0.1) is 0 Å². The molecular formula is C11H16O6. The molecule has 0 aromatic rings. The van der Waals surface area contributed by atoms with E-state index in [4.69, 9.17) is 14.2 Å². The molecule has 0 saturated heterocycles. The minimum absolute atomic E-state index is 0.119. The van der Waals surface area contributed by atoms with Crippen molar-refractivity contribution in [2.45, 2.75) is 40.1 Å². The second-order valence-electron chi connectivity index (χ2n) is 3.60. The summed E-state index contributed by atoms with van der Waals surface area (Å²) >= 11 is 0. The van der Waals surface area contributed by atoms with Gasteiger partial charge in [-0.05, 0) is 6.92 Å². The van der Waals surface area contributed by atoms with Crippen molar-refractivity contribution in [3.05, 3.63) is 12.2 Å². The molecule has 0 amide bonds. The Morgan fingerprint density at radius 3 is 1.35 bits per heavy atom. The maximum absolute atomic E-state index is 11.0. The van der Waals surface area contributed by atoms with Crippen LogP contribution in [0, 0.1) is 0 Å². The van der Waals surface area contributed by atoms with Crippen LogP contribution in [0.25, 0.3) is 0 Å². The quantitative estimate of drug-likeness (QED) is 0.412. The van der Waals surface area contributed by atoms with Gasteiger partial charge < -0.3 is 14.2 Å². The molecule has 0 aliphatic rings. The van der Waals surface area contributed by atoms with Crippen LogP contribution in [0.2, 0.25) is 0 Å². The van der Waals surface area contributed by atoms with Crippen molar-refractivity contribution in [3.63, 3.8) is 0 Å². The first-order valence-electron chi connectivity index (χ1n) is 4.90. The highest BCUT2D eigenvalue weighted by Gasteiger charge is 2.41. The van der Waals surface area contributed by atoms with Crippen LogP contribution in [0.5, 0.6) is 0 Å². The first-order valence-corrected chi connectivity index (χ1v) is 4.90. The lowest BCUT2D eigenvalue weighted by Crippen LogP contribution is -2.43. The number of rotatable bonds is 5. The fourth-order valence-corrected chi connectivity index (χ4v) is 1.20. The summed E-state index contributed by atoms with van der Waals surface area (Å²) in [7, 11) is 0. The van der Waals surface area contributed by atoms with Gasteiger partial charge in [0, 0.05) is 20.8 Å². The molecule has 0 saturated carbocycles. The van der Waals surface area contributed by atoms with E-state index in [1.54, 1.807) is 6.92 Å². The van der Waals surface area contributed by atoms with E-state index in [2.05, 4.69) is 6.58 Å². The Kier molecular flexibility index (Phi) is 5.37. The average molecular weight is 244 g/mol. The Bertz CT molecular complexity index is 274. The van der Waals surface area contributed by atoms with Gasteiger partial charge in [0.05, 0.1) is 6.42 Å². The fourth-order valence-electron chi connectivity index (χ4n) is 1.20. The maximum atomic E-state index is 11.0. The zero-order valence-electron chi connectivity index (χ0n) is 10.4. The van der Waals surface area contributed by atoms with E-state index >= 15 is 0 Å². The molecule has 6 heteroatoms. The molecule has 0 aromatic heterocycles. The SMILES string of the molecule is C=C(C)CC(OC(C)=O)(OC(C)=O)OC(C)=O. The second-order valence-corrected chi connectivity index (χ2v) is 3.60. The first kappa shape index (κ1) is 15.2. The van der Waals surface area contributed by atoms with E-state index in [9.17, 15) is 14.4 Å². The number of carbonyl (C=O) groups excluding carboxylic acids is 3. The normalized spacial score (nSPS) is 10.4. The summed E-state index contributed by atoms with van der Waals surface area (Å²) in [5.74, 6) is -4.29. The molecule has 0 heterocycles. The highest BCUT2D eigenvalue weighted by atomic mass is 16.9. The molecule has 0 atom stereocenters. The molecule has 0 aliphatic heterocycles. The van der Waals surface area contributed by atoms with E-state index in [1.165, 1.54) is 0 Å². The molecule has 0 fully saturated rings. The Balaban J connectivity index is 5.16. The zero-order chi connectivity index (χ0) is 13.6. The van der Waals surface area contributed by atoms with Gasteiger partial charge in [0.1, 0.15) is 0 Å². The van der Waals surface area contributed by atoms with Crippen LogP contribution in [0.3, 0.4) is 0 Å². The van der Waals surface area contributed by atoms with Crippen molar-refractivity contribution in [1.29, 1.82) is 0 Å². The smallest absolute Gasteiger partial charge is 0.388 e. The predicted octanol–water partition coefficient (Wildman–Crippen LogP) is 1.30. The van der Waals surface area contributed by atoms with Crippen LogP contribution in [0.15, 0.2) is 12.2 Å². The van der Waals surface area contributed by atoms with E-state index in [-0.39, 0.29) is 6.42 Å². The lowest BCUT2D eigenvalue weighted by atomic mass is 10.2. The summed E-state index contributed by atoms with van der Waals surface area (Å²) in [6.45, 7) is 8.54. The van der Waals surface area contributed by atoms with Gasteiger partial charge in [0.2, 0.25) is 0 Å². The van der Waals surface area contributed by atoms with Crippen molar-refractivity contribution in [3.8, 4) is 0 Å². The van der Waals surface area contributed by atoms with Gasteiger partial charge in [-0.25, -0.2) is 0 Å². The molecule has 6 nitrogen and oxygen atoms in total. The molecule has 0 aromatic carbocycles. The summed E-state index contributed by atoms with van der Waals surface area (Å²) in [6.07, 6.45) is -0.119. The Morgan fingerprint density at radius 2 is 1.18 bits per heavy atom. The molecule has 0 aliphatic carbocycles. The number of ether oxygens (including phenoxy) is 3. The van der Waals surface area contributed by atoms with E-state index < -0.39 is 23.9 Å². The molecular weight excluding hydrogens is 228 g/mol. The number of hydrogen-bond donors (Lipinski definition) is 0. The summed E-state index contributed by atoms with van der Waals surface area (Å²) in [6, 6.07) is 0. The molecule has 0 spiro atoms. The van der Waals surface area contributed by atoms with Gasteiger partial charge >= 0.3 is 23.9 Å². The van der Waals surface area contributed by atoms with Crippen LogP contribution < -0.4 is 0 Å². The molecule has 0 N–H and O–H groups in total. The molecule has 0 bridgehead atoms. The molecule has 0 rings (SSSR count). The van der Waals surface area contributed by atoms with Crippen molar-refractivity contribution < 1.29 is 28.6 Å². The van der Waals surface area contributed by atoms with Crippen molar-refractivity contribution in [1.82, 2.24) is 0 Å². The highest BCUT2D eigenvalue weighted by Crippen LogP contribution is 2.24. The number of hydrogen-bond acceptors (Lipinski definition) is 6. The van der Waals surface area contributed by atoms with Gasteiger partial charge in [-0.1, -0.05) is 12.2 Å². The minimum Gasteiger partial charge on any atom is -0.388 e. The van der Waals surface area contributed by atoms with Crippen molar-refractivity contribution in [2.24, 2.45) is 0 Å². The van der Waals surface area contributed by atoms with Gasteiger partial charge in [0.15, 0.2) is 0 Å². The Morgan fingerprint density at radius 1 is 0.882 bits per heavy atom. The summed E-state index contributed by atoms with van der Waals surface area (Å²) in [4.78, 5) is 32.9. The van der Waals surface area contributed by atoms with Crippen LogP contribution in [-0.2, 0) is 28.6 Å². The van der Waals surface area contributed by atoms with E-state index in [0.717, 1.165) is 20.8 Å². The van der Waals surface area contributed by atoms with E-state index in [0.29, 0.717) is 5.57 Å². The molecule has 17 heavy (non-hydrogen) atoms. The second kappa shape index (κ2) is 6.03. The minimum atomic E-state index is -2.06. The van der Waals surface area contributed by atoms with Gasteiger partial charge in [-0.3, -0.25) is 14.4 Å². The largest absolute Gasteiger partial charge is 0.427 e. The monoisotopic (exact) mass is 244 g/mol. The Labute approximate surface area is 99.5 Å². The topological polar surface area (TPSA) is 78.9 Å². The Hall–Kier alpha value is -1.85. The molecule has 0 unspecified atom stereocenters. The summed E-state index contributed by atoms with van der Waals surface area (Å²) < 4.78 is 14.4. The van der Waals surface area contributed by atoms with Crippen LogP contribution in [0.1, 0.15) is 34.1 Å². The average Bonchev–Trinajstić information content (AvgIpc) is 1.95. The van der Waals surface area contributed by atoms with Gasteiger partial charge in [-0.2, -0.15) is 0 Å². The van der Waals surface area contributed by atoms with Crippen molar-refractivity contribution >= 4 is 17.9 Å². The first-order chi connectivity index (χ1) is 7.67. The lowest BCUT2D eigenvalue weighted by Gasteiger charge is -2.30. The van der Waals surface area contributed by atoms with Crippen LogP contribution in [0.4, 0.5) is 0 Å². The van der Waals surface area contributed by atoms with E-state index in [1.807, 2.05) is 0 Å². The number of carbonyl (C=O) groups is 3. The van der Waals surface area contributed by atoms with Gasteiger partial charge in [0.25, 0.3) is 0 Å². The van der Waals surface area contributed by atoms with Crippen LogP contribution in [-0.4, -0.2) is 23.9 Å². The molecule has 96 valence electrons. The molecule has 0 radical (unpaired) electrons. The third-order valence-electron chi connectivity index (χ3n) is 1.42. The third-order valence-corrected chi connectivity index (χ3v) is 1.42. The maximum Gasteiger partial charge on any atom is 0.427 e. The summed E-state index contributed by atoms with van der Waals surface area (Å²) in [5.41, 5.74) is 0.522. The lowest BCUT2D eigenvalue weighted by molar-refractivity contribution is -0.326. The highest BCUT2D eigenvalue weighted by molar-refractivity contribution is 5.70. The van der Waals surface area contributed by atoms with Crippen LogP contribution >= 0.6 is 0 Å². The fraction of sp³-hybridized carbons (Fsp3) is 0.545. The zero-order valence-corrected chi connectivity index (χ0v) is 10.4. The van der Waals surface area contributed by atoms with Crippen molar-refractivity contribution in [2.75, 3.05) is 0 Å². The predicted molar refractivity (Wildman–Crippen MR) is 57.5 cm³/mol.